The largest absolute Gasteiger partial charge is 0.301 e. The van der Waals surface area contributed by atoms with Gasteiger partial charge in [0.25, 0.3) is 5.56 Å². The number of thioether (sulfide) groups is 2. The Bertz CT molecular complexity index is 1390. The molecule has 6 nitrogen and oxygen atoms in total. The summed E-state index contributed by atoms with van der Waals surface area (Å²) in [6.07, 6.45) is 10.5. The van der Waals surface area contributed by atoms with Crippen molar-refractivity contribution in [3.05, 3.63) is 81.2 Å². The summed E-state index contributed by atoms with van der Waals surface area (Å²) in [5, 5.41) is 11.1. The zero-order chi connectivity index (χ0) is 23.3. The van der Waals surface area contributed by atoms with Gasteiger partial charge in [-0.1, -0.05) is 72.1 Å². The van der Waals surface area contributed by atoms with E-state index < -0.39 is 0 Å². The van der Waals surface area contributed by atoms with Crippen molar-refractivity contribution < 1.29 is 0 Å². The first kappa shape index (κ1) is 23.1. The predicted molar refractivity (Wildman–Crippen MR) is 143 cm³/mol. The standard InChI is InChI=1S/C25H25N5OS3/c1-2-14-30-20(28-29-25(30)32-15-8-11-17-9-4-3-5-10-17)16-33-24-26-22(31)21-18-12-6-7-13-19(18)34-23(21)27-24/h2-5,8-11H,1,6-7,12-16H2,(H,26,27,31). The second kappa shape index (κ2) is 10.8. The molecule has 0 unspecified atom stereocenters. The van der Waals surface area contributed by atoms with Crippen molar-refractivity contribution in [2.45, 2.75) is 48.3 Å². The number of fused-ring (bicyclic) bond motifs is 3. The van der Waals surface area contributed by atoms with Crippen LogP contribution < -0.4 is 5.56 Å². The van der Waals surface area contributed by atoms with Gasteiger partial charge in [-0.15, -0.1) is 28.1 Å². The molecule has 0 bridgehead atoms. The molecule has 4 aromatic rings. The molecule has 0 saturated carbocycles. The van der Waals surface area contributed by atoms with Crippen molar-refractivity contribution in [2.75, 3.05) is 5.75 Å². The van der Waals surface area contributed by atoms with E-state index in [-0.39, 0.29) is 5.56 Å². The first-order valence-electron chi connectivity index (χ1n) is 11.3. The SMILES string of the molecule is C=CCn1c(CSc2nc3sc4c(c3c(=O)[nH]2)CCCC4)nnc1SCC=Cc1ccccc1. The molecule has 5 rings (SSSR count). The highest BCUT2D eigenvalue weighted by molar-refractivity contribution is 7.99. The molecule has 0 spiro atoms. The minimum absolute atomic E-state index is 0.0269. The fourth-order valence-corrected chi connectivity index (χ4v) is 6.96. The van der Waals surface area contributed by atoms with Crippen LogP contribution in [0.5, 0.6) is 0 Å². The molecule has 0 fully saturated rings. The number of rotatable bonds is 9. The fraction of sp³-hybridized carbons (Fsp3) is 0.280. The van der Waals surface area contributed by atoms with Crippen LogP contribution >= 0.6 is 34.9 Å². The minimum Gasteiger partial charge on any atom is -0.301 e. The quantitative estimate of drug-likeness (QED) is 0.177. The van der Waals surface area contributed by atoms with Gasteiger partial charge in [0.15, 0.2) is 10.3 Å². The molecule has 0 radical (unpaired) electrons. The Hall–Kier alpha value is -2.62. The van der Waals surface area contributed by atoms with Crippen LogP contribution in [0.3, 0.4) is 0 Å². The average Bonchev–Trinajstić information content (AvgIpc) is 3.42. The number of nitrogens with one attached hydrogen (secondary N) is 1. The highest BCUT2D eigenvalue weighted by atomic mass is 32.2. The summed E-state index contributed by atoms with van der Waals surface area (Å²) in [6.45, 7) is 4.52. The monoisotopic (exact) mass is 507 g/mol. The molecule has 1 aliphatic rings. The summed E-state index contributed by atoms with van der Waals surface area (Å²) < 4.78 is 2.07. The summed E-state index contributed by atoms with van der Waals surface area (Å²) in [5.74, 6) is 2.21. The van der Waals surface area contributed by atoms with Crippen molar-refractivity contribution in [3.8, 4) is 0 Å². The number of benzene rings is 1. The second-order valence-corrected chi connectivity index (χ2v) is 11.0. The molecule has 174 valence electrons. The van der Waals surface area contributed by atoms with E-state index in [4.69, 9.17) is 4.98 Å². The fourth-order valence-electron chi connectivity index (χ4n) is 4.06. The van der Waals surface area contributed by atoms with E-state index in [1.165, 1.54) is 34.2 Å². The number of allylic oxidation sites excluding steroid dienone is 1. The topological polar surface area (TPSA) is 76.5 Å². The van der Waals surface area contributed by atoms with Crippen LogP contribution in [0.25, 0.3) is 16.3 Å². The first-order valence-corrected chi connectivity index (χ1v) is 14.1. The zero-order valence-electron chi connectivity index (χ0n) is 18.7. The van der Waals surface area contributed by atoms with Crippen LogP contribution in [-0.2, 0) is 25.1 Å². The Morgan fingerprint density at radius 3 is 2.85 bits per heavy atom. The second-order valence-electron chi connectivity index (χ2n) is 7.97. The van der Waals surface area contributed by atoms with Crippen LogP contribution in [0.2, 0.25) is 0 Å². The number of H-pyrrole nitrogens is 1. The number of thiophene rings is 1. The van der Waals surface area contributed by atoms with Gasteiger partial charge in [0.05, 0.1) is 11.1 Å². The third-order valence-corrected chi connectivity index (χ3v) is 8.64. The van der Waals surface area contributed by atoms with Gasteiger partial charge >= 0.3 is 0 Å². The molecule has 3 aromatic heterocycles. The smallest absolute Gasteiger partial charge is 0.260 e. The van der Waals surface area contributed by atoms with E-state index in [9.17, 15) is 4.79 Å². The van der Waals surface area contributed by atoms with Crippen molar-refractivity contribution >= 4 is 51.2 Å². The average molecular weight is 508 g/mol. The van der Waals surface area contributed by atoms with Gasteiger partial charge < -0.3 is 9.55 Å². The van der Waals surface area contributed by atoms with Crippen molar-refractivity contribution in [2.24, 2.45) is 0 Å². The maximum atomic E-state index is 12.8. The number of hydrogen-bond acceptors (Lipinski definition) is 7. The zero-order valence-corrected chi connectivity index (χ0v) is 21.1. The van der Waals surface area contributed by atoms with Gasteiger partial charge in [-0.3, -0.25) is 4.79 Å². The van der Waals surface area contributed by atoms with Gasteiger partial charge in [0, 0.05) is 17.2 Å². The maximum Gasteiger partial charge on any atom is 0.260 e. The van der Waals surface area contributed by atoms with Crippen molar-refractivity contribution in [1.82, 2.24) is 24.7 Å². The molecule has 1 aromatic carbocycles. The molecule has 0 saturated heterocycles. The molecule has 0 amide bonds. The lowest BCUT2D eigenvalue weighted by atomic mass is 9.97. The first-order chi connectivity index (χ1) is 16.7. The Morgan fingerprint density at radius 1 is 1.15 bits per heavy atom. The van der Waals surface area contributed by atoms with E-state index in [2.05, 4.69) is 50.6 Å². The number of hydrogen-bond donors (Lipinski definition) is 1. The van der Waals surface area contributed by atoms with Crippen LogP contribution in [0.1, 0.15) is 34.7 Å². The number of aryl methyl sites for hydroxylation is 2. The van der Waals surface area contributed by atoms with Crippen molar-refractivity contribution in [1.29, 1.82) is 0 Å². The van der Waals surface area contributed by atoms with Gasteiger partial charge in [-0.05, 0) is 36.8 Å². The molecule has 0 aliphatic heterocycles. The van der Waals surface area contributed by atoms with E-state index in [0.717, 1.165) is 46.2 Å². The molecular formula is C25H25N5OS3. The third-order valence-electron chi connectivity index (χ3n) is 5.66. The Kier molecular flexibility index (Phi) is 7.32. The maximum absolute atomic E-state index is 12.8. The summed E-state index contributed by atoms with van der Waals surface area (Å²) >= 11 is 4.80. The summed E-state index contributed by atoms with van der Waals surface area (Å²) in [7, 11) is 0. The number of aromatic amines is 1. The molecule has 9 heteroatoms. The molecule has 34 heavy (non-hydrogen) atoms. The molecular weight excluding hydrogens is 483 g/mol. The number of nitrogens with zero attached hydrogens (tertiary/aromatic N) is 4. The van der Waals surface area contributed by atoms with Gasteiger partial charge in [0.2, 0.25) is 0 Å². The Morgan fingerprint density at radius 2 is 2.00 bits per heavy atom. The molecule has 1 N–H and O–H groups in total. The van der Waals surface area contributed by atoms with Crippen LogP contribution in [0.4, 0.5) is 0 Å². The van der Waals surface area contributed by atoms with E-state index >= 15 is 0 Å². The van der Waals surface area contributed by atoms with E-state index in [1.54, 1.807) is 23.1 Å². The van der Waals surface area contributed by atoms with E-state index in [1.807, 2.05) is 24.3 Å². The minimum atomic E-state index is -0.0269. The summed E-state index contributed by atoms with van der Waals surface area (Å²) in [6, 6.07) is 10.2. The molecule has 1 aliphatic carbocycles. The summed E-state index contributed by atoms with van der Waals surface area (Å²) in [5.41, 5.74) is 2.36. The lowest BCUT2D eigenvalue weighted by molar-refractivity contribution is 0.699. The molecule has 0 atom stereocenters. The van der Waals surface area contributed by atoms with Crippen molar-refractivity contribution in [3.63, 3.8) is 0 Å². The van der Waals surface area contributed by atoms with Gasteiger partial charge in [-0.25, -0.2) is 4.98 Å². The Labute approximate surface area is 210 Å². The van der Waals surface area contributed by atoms with Crippen LogP contribution in [0.15, 0.2) is 64.2 Å². The predicted octanol–water partition coefficient (Wildman–Crippen LogP) is 5.74. The lowest BCUT2D eigenvalue weighted by Gasteiger charge is -2.09. The molecule has 3 heterocycles. The third kappa shape index (κ3) is 5.06. The van der Waals surface area contributed by atoms with E-state index in [0.29, 0.717) is 17.5 Å². The van der Waals surface area contributed by atoms with Crippen LogP contribution in [0, 0.1) is 0 Å². The van der Waals surface area contributed by atoms with Gasteiger partial charge in [-0.2, -0.15) is 0 Å². The van der Waals surface area contributed by atoms with Crippen LogP contribution in [-0.4, -0.2) is 30.5 Å². The number of aromatic nitrogens is 5. The summed E-state index contributed by atoms with van der Waals surface area (Å²) in [4.78, 5) is 22.7. The highest BCUT2D eigenvalue weighted by Crippen LogP contribution is 2.34. The normalized spacial score (nSPS) is 13.5. The van der Waals surface area contributed by atoms with Gasteiger partial charge in [0.1, 0.15) is 10.7 Å². The Balaban J connectivity index is 1.28. The lowest BCUT2D eigenvalue weighted by Crippen LogP contribution is -2.11. The highest BCUT2D eigenvalue weighted by Gasteiger charge is 2.20.